The summed E-state index contributed by atoms with van der Waals surface area (Å²) in [7, 11) is -0.896. The molecule has 0 amide bonds. The Labute approximate surface area is 171 Å². The van der Waals surface area contributed by atoms with Gasteiger partial charge in [-0.25, -0.2) is 0 Å². The van der Waals surface area contributed by atoms with E-state index in [4.69, 9.17) is 4.74 Å². The van der Waals surface area contributed by atoms with E-state index < -0.39 is 43.1 Å². The zero-order chi connectivity index (χ0) is 20.4. The number of hydrogen-bond donors (Lipinski definition) is 0. The third-order valence-corrected chi connectivity index (χ3v) is 4.49. The van der Waals surface area contributed by atoms with Gasteiger partial charge in [0.05, 0.1) is 17.2 Å². The van der Waals surface area contributed by atoms with Gasteiger partial charge < -0.3 is 4.74 Å². The molecular formula is C18H16F6LiO2P. The number of carbonyl (C=O) groups is 1. The van der Waals surface area contributed by atoms with E-state index >= 15 is 0 Å². The van der Waals surface area contributed by atoms with Crippen molar-refractivity contribution < 1.29 is 35.9 Å². The molecule has 2 aromatic carbocycles. The molecule has 0 bridgehead atoms. The van der Waals surface area contributed by atoms with Crippen molar-refractivity contribution in [2.45, 2.75) is 32.3 Å². The van der Waals surface area contributed by atoms with Gasteiger partial charge in [-0.2, -0.15) is 26.3 Å². The summed E-state index contributed by atoms with van der Waals surface area (Å²) in [5.74, 6) is 0.484. The molecule has 0 heterocycles. The van der Waals surface area contributed by atoms with E-state index in [1.54, 1.807) is 13.8 Å². The minimum absolute atomic E-state index is 0. The number of carbonyl (C=O) groups excluding carboxylic acids is 1. The van der Waals surface area contributed by atoms with Crippen LogP contribution < -0.4 is 10.0 Å². The van der Waals surface area contributed by atoms with Gasteiger partial charge in [0, 0.05) is 5.56 Å². The molecule has 1 unspecified atom stereocenters. The molecular weight excluding hydrogens is 400 g/mol. The van der Waals surface area contributed by atoms with Crippen molar-refractivity contribution in [1.82, 2.24) is 0 Å². The SMILES string of the molecule is CC(C)Oc1ccc(PC(=O)c2c(C(F)(F)F)cccc2C(F)(F)F)cc1.[LiH]. The Balaban J connectivity index is 0.00000392. The Hall–Kier alpha value is -1.48. The Morgan fingerprint density at radius 2 is 1.36 bits per heavy atom. The first-order chi connectivity index (χ1) is 12.4. The van der Waals surface area contributed by atoms with Crippen LogP contribution in [-0.4, -0.2) is 30.5 Å². The summed E-state index contributed by atoms with van der Waals surface area (Å²) in [6.07, 6.45) is -10.3. The zero-order valence-electron chi connectivity index (χ0n) is 14.2. The van der Waals surface area contributed by atoms with Crippen molar-refractivity contribution >= 4 is 38.3 Å². The van der Waals surface area contributed by atoms with Gasteiger partial charge in [-0.05, 0) is 52.0 Å². The number of halogens is 6. The molecule has 0 aliphatic rings. The van der Waals surface area contributed by atoms with Gasteiger partial charge in [-0.1, -0.05) is 18.2 Å². The van der Waals surface area contributed by atoms with Crippen LogP contribution >= 0.6 is 8.58 Å². The number of hydrogen-bond acceptors (Lipinski definition) is 2. The number of benzene rings is 2. The van der Waals surface area contributed by atoms with E-state index in [0.717, 1.165) is 0 Å². The van der Waals surface area contributed by atoms with E-state index in [1.165, 1.54) is 24.3 Å². The summed E-state index contributed by atoms with van der Waals surface area (Å²) >= 11 is 0. The Kier molecular flexibility index (Phi) is 8.19. The van der Waals surface area contributed by atoms with Crippen LogP contribution in [0.4, 0.5) is 26.3 Å². The number of rotatable bonds is 5. The fourth-order valence-corrected chi connectivity index (χ4v) is 3.34. The summed E-state index contributed by atoms with van der Waals surface area (Å²) in [5.41, 5.74) is -5.75. The average molecular weight is 416 g/mol. The van der Waals surface area contributed by atoms with Crippen molar-refractivity contribution in [2.75, 3.05) is 0 Å². The predicted octanol–water partition coefficient (Wildman–Crippen LogP) is 5.01. The van der Waals surface area contributed by atoms with Crippen LogP contribution in [0, 0.1) is 0 Å². The molecule has 0 radical (unpaired) electrons. The standard InChI is InChI=1S/C18H15F6O2P.Li.H/c1-10(2)26-11-6-8-12(9-7-11)27-16(25)15-13(17(19,20)21)4-3-5-14(15)18(22,23)24;;/h3-10,27H,1-2H3;;. The Bertz CT molecular complexity index is 784. The summed E-state index contributed by atoms with van der Waals surface area (Å²) in [6, 6.07) is 7.50. The first kappa shape index (κ1) is 24.6. The van der Waals surface area contributed by atoms with Crippen LogP contribution in [0.25, 0.3) is 0 Å². The predicted molar refractivity (Wildman–Crippen MR) is 98.1 cm³/mol. The van der Waals surface area contributed by atoms with Crippen LogP contribution in [0.5, 0.6) is 5.75 Å². The van der Waals surface area contributed by atoms with Crippen molar-refractivity contribution in [3.05, 3.63) is 59.2 Å². The van der Waals surface area contributed by atoms with Crippen LogP contribution in [0.3, 0.4) is 0 Å². The van der Waals surface area contributed by atoms with Crippen LogP contribution in [0.1, 0.15) is 35.3 Å². The monoisotopic (exact) mass is 416 g/mol. The zero-order valence-corrected chi connectivity index (χ0v) is 15.2. The van der Waals surface area contributed by atoms with E-state index in [2.05, 4.69) is 0 Å². The topological polar surface area (TPSA) is 26.3 Å². The van der Waals surface area contributed by atoms with E-state index in [0.29, 0.717) is 29.3 Å². The van der Waals surface area contributed by atoms with Gasteiger partial charge >= 0.3 is 31.2 Å². The molecule has 2 aromatic rings. The quantitative estimate of drug-likeness (QED) is 0.389. The second-order valence-corrected chi connectivity index (χ2v) is 7.15. The van der Waals surface area contributed by atoms with Gasteiger partial charge in [-0.3, -0.25) is 4.79 Å². The summed E-state index contributed by atoms with van der Waals surface area (Å²) in [5, 5.41) is 0.307. The average Bonchev–Trinajstić information content (AvgIpc) is 2.54. The van der Waals surface area contributed by atoms with Gasteiger partial charge in [0.1, 0.15) is 5.75 Å². The molecule has 2 rings (SSSR count). The molecule has 1 atom stereocenters. The van der Waals surface area contributed by atoms with E-state index in [-0.39, 0.29) is 25.0 Å². The maximum atomic E-state index is 13.2. The molecule has 0 fully saturated rings. The van der Waals surface area contributed by atoms with Crippen LogP contribution in [0.2, 0.25) is 0 Å². The Morgan fingerprint density at radius 1 is 0.893 bits per heavy atom. The normalized spacial score (nSPS) is 12.3. The first-order valence-electron chi connectivity index (χ1n) is 7.75. The van der Waals surface area contributed by atoms with E-state index in [9.17, 15) is 31.1 Å². The fraction of sp³-hybridized carbons (Fsp3) is 0.278. The summed E-state index contributed by atoms with van der Waals surface area (Å²) in [4.78, 5) is 12.4. The number of ether oxygens (including phenoxy) is 1. The molecule has 0 aliphatic carbocycles. The third kappa shape index (κ3) is 6.27. The molecule has 28 heavy (non-hydrogen) atoms. The fourth-order valence-electron chi connectivity index (χ4n) is 2.35. The van der Waals surface area contributed by atoms with E-state index in [1.807, 2.05) is 0 Å². The van der Waals surface area contributed by atoms with Crippen molar-refractivity contribution in [3.8, 4) is 5.75 Å². The first-order valence-corrected chi connectivity index (χ1v) is 8.75. The number of alkyl halides is 6. The molecule has 0 aromatic heterocycles. The second-order valence-electron chi connectivity index (χ2n) is 5.87. The molecule has 2 nitrogen and oxygen atoms in total. The van der Waals surface area contributed by atoms with Crippen molar-refractivity contribution in [3.63, 3.8) is 0 Å². The third-order valence-electron chi connectivity index (χ3n) is 3.39. The maximum absolute atomic E-state index is 13.2. The van der Waals surface area contributed by atoms with Gasteiger partial charge in [0.25, 0.3) is 0 Å². The second kappa shape index (κ2) is 9.34. The van der Waals surface area contributed by atoms with Gasteiger partial charge in [0.2, 0.25) is 0 Å². The molecule has 0 aliphatic heterocycles. The molecule has 0 N–H and O–H groups in total. The summed E-state index contributed by atoms with van der Waals surface area (Å²) in [6.45, 7) is 3.60. The Morgan fingerprint density at radius 3 is 1.75 bits per heavy atom. The minimum atomic E-state index is -5.08. The summed E-state index contributed by atoms with van der Waals surface area (Å²) < 4.78 is 84.3. The molecule has 0 saturated carbocycles. The van der Waals surface area contributed by atoms with Crippen molar-refractivity contribution in [2.24, 2.45) is 0 Å². The molecule has 10 heteroatoms. The van der Waals surface area contributed by atoms with Crippen LogP contribution in [0.15, 0.2) is 42.5 Å². The van der Waals surface area contributed by atoms with Crippen LogP contribution in [-0.2, 0) is 12.4 Å². The van der Waals surface area contributed by atoms with Crippen molar-refractivity contribution in [1.29, 1.82) is 0 Å². The van der Waals surface area contributed by atoms with Gasteiger partial charge in [-0.15, -0.1) is 0 Å². The molecule has 148 valence electrons. The molecule has 0 spiro atoms. The molecule has 0 saturated heterocycles. The van der Waals surface area contributed by atoms with Gasteiger partial charge in [0.15, 0.2) is 5.52 Å².